The highest BCUT2D eigenvalue weighted by molar-refractivity contribution is 5.83. The van der Waals surface area contributed by atoms with Gasteiger partial charge in [0.05, 0.1) is 6.54 Å². The first-order chi connectivity index (χ1) is 10.8. The molecule has 0 fully saturated rings. The van der Waals surface area contributed by atoms with E-state index in [1.54, 1.807) is 12.1 Å². The Morgan fingerprint density at radius 2 is 2.00 bits per heavy atom. The summed E-state index contributed by atoms with van der Waals surface area (Å²) in [5.74, 6) is -0.832. The zero-order chi connectivity index (χ0) is 17.0. The van der Waals surface area contributed by atoms with Gasteiger partial charge in [0.25, 0.3) is 0 Å². The van der Waals surface area contributed by atoms with E-state index in [0.29, 0.717) is 5.56 Å². The van der Waals surface area contributed by atoms with E-state index in [9.17, 15) is 14.3 Å². The van der Waals surface area contributed by atoms with Crippen LogP contribution in [0.2, 0.25) is 0 Å². The molecule has 0 aliphatic heterocycles. The molecule has 23 heavy (non-hydrogen) atoms. The second kappa shape index (κ2) is 6.89. The van der Waals surface area contributed by atoms with Crippen molar-refractivity contribution >= 4 is 5.91 Å². The zero-order valence-corrected chi connectivity index (χ0v) is 13.2. The van der Waals surface area contributed by atoms with Gasteiger partial charge >= 0.3 is 0 Å². The number of aryl methyl sites for hydroxylation is 1. The summed E-state index contributed by atoms with van der Waals surface area (Å²) in [6.07, 6.45) is 0. The summed E-state index contributed by atoms with van der Waals surface area (Å²) in [6, 6.07) is 12.2. The summed E-state index contributed by atoms with van der Waals surface area (Å²) in [6.45, 7) is 3.33. The number of rotatable bonds is 5. The fourth-order valence-corrected chi connectivity index (χ4v) is 2.37. The number of carbonyl (C=O) groups excluding carboxylic acids is 1. The Balaban J connectivity index is 2.05. The van der Waals surface area contributed by atoms with E-state index in [-0.39, 0.29) is 6.54 Å². The molecule has 2 aromatic carbocycles. The predicted molar refractivity (Wildman–Crippen MR) is 87.1 cm³/mol. The largest absolute Gasteiger partial charge is 0.384 e. The lowest BCUT2D eigenvalue weighted by Gasteiger charge is -2.25. The van der Waals surface area contributed by atoms with Crippen LogP contribution in [0, 0.1) is 12.7 Å². The summed E-state index contributed by atoms with van der Waals surface area (Å²) in [7, 11) is 0. The predicted octanol–water partition coefficient (Wildman–Crippen LogP) is 2.16. The molecule has 0 spiro atoms. The maximum atomic E-state index is 13.3. The van der Waals surface area contributed by atoms with E-state index in [1.807, 2.05) is 25.1 Å². The van der Waals surface area contributed by atoms with Crippen LogP contribution in [0.25, 0.3) is 0 Å². The summed E-state index contributed by atoms with van der Waals surface area (Å²) < 4.78 is 13.3. The van der Waals surface area contributed by atoms with Gasteiger partial charge in [0.1, 0.15) is 17.5 Å². The molecule has 5 heteroatoms. The Morgan fingerprint density at radius 3 is 2.65 bits per heavy atom. The minimum absolute atomic E-state index is 0.0606. The Bertz CT molecular complexity index is 701. The summed E-state index contributed by atoms with van der Waals surface area (Å²) >= 11 is 0. The van der Waals surface area contributed by atoms with Gasteiger partial charge in [0, 0.05) is 0 Å². The minimum atomic E-state index is -1.39. The second-order valence-corrected chi connectivity index (χ2v) is 5.84. The molecule has 2 rings (SSSR count). The average Bonchev–Trinajstić information content (AvgIpc) is 2.52. The number of carbonyl (C=O) groups is 1. The molecular weight excluding hydrogens is 295 g/mol. The van der Waals surface area contributed by atoms with Crippen molar-refractivity contribution in [1.82, 2.24) is 5.32 Å². The number of hydrogen-bond acceptors (Lipinski definition) is 3. The van der Waals surface area contributed by atoms with Crippen LogP contribution in [0.3, 0.4) is 0 Å². The number of aliphatic hydroxyl groups is 1. The molecule has 122 valence electrons. The van der Waals surface area contributed by atoms with Crippen LogP contribution < -0.4 is 11.1 Å². The van der Waals surface area contributed by atoms with Gasteiger partial charge in [-0.3, -0.25) is 4.79 Å². The molecular formula is C18H21FN2O2. The van der Waals surface area contributed by atoms with Crippen LogP contribution >= 0.6 is 0 Å². The number of hydrogen-bond donors (Lipinski definition) is 3. The fraction of sp³-hybridized carbons (Fsp3) is 0.278. The van der Waals surface area contributed by atoms with Gasteiger partial charge in [-0.1, -0.05) is 36.4 Å². The van der Waals surface area contributed by atoms with Gasteiger partial charge < -0.3 is 16.2 Å². The number of nitrogens with two attached hydrogens (primary N) is 1. The smallest absolute Gasteiger partial charge is 0.241 e. The SMILES string of the molecule is Cc1ccccc1C(N)C(=O)NCC(C)(O)c1cccc(F)c1. The molecule has 0 heterocycles. The van der Waals surface area contributed by atoms with E-state index in [1.165, 1.54) is 25.1 Å². The molecule has 4 nitrogen and oxygen atoms in total. The van der Waals surface area contributed by atoms with Gasteiger partial charge in [0.15, 0.2) is 0 Å². The molecule has 2 unspecified atom stereocenters. The third-order valence-corrected chi connectivity index (χ3v) is 3.86. The van der Waals surface area contributed by atoms with E-state index >= 15 is 0 Å². The van der Waals surface area contributed by atoms with Gasteiger partial charge in [0.2, 0.25) is 5.91 Å². The highest BCUT2D eigenvalue weighted by Gasteiger charge is 2.26. The summed E-state index contributed by atoms with van der Waals surface area (Å²) in [5, 5.41) is 13.1. The van der Waals surface area contributed by atoms with Crippen molar-refractivity contribution in [3.63, 3.8) is 0 Å². The third-order valence-electron chi connectivity index (χ3n) is 3.86. The first kappa shape index (κ1) is 17.1. The van der Waals surface area contributed by atoms with E-state index in [4.69, 9.17) is 5.73 Å². The van der Waals surface area contributed by atoms with Crippen molar-refractivity contribution in [2.75, 3.05) is 6.54 Å². The third kappa shape index (κ3) is 4.15. The topological polar surface area (TPSA) is 75.4 Å². The lowest BCUT2D eigenvalue weighted by atomic mass is 9.95. The summed E-state index contributed by atoms with van der Waals surface area (Å²) in [4.78, 5) is 12.2. The minimum Gasteiger partial charge on any atom is -0.384 e. The van der Waals surface area contributed by atoms with Crippen molar-refractivity contribution in [1.29, 1.82) is 0 Å². The molecule has 0 aliphatic rings. The zero-order valence-electron chi connectivity index (χ0n) is 13.2. The molecule has 1 amide bonds. The van der Waals surface area contributed by atoms with Crippen LogP contribution in [-0.4, -0.2) is 17.6 Å². The number of benzene rings is 2. The molecule has 0 saturated heterocycles. The number of nitrogens with one attached hydrogen (secondary N) is 1. The highest BCUT2D eigenvalue weighted by atomic mass is 19.1. The molecule has 0 radical (unpaired) electrons. The van der Waals surface area contributed by atoms with Gasteiger partial charge in [-0.15, -0.1) is 0 Å². The molecule has 4 N–H and O–H groups in total. The molecule has 2 aromatic rings. The lowest BCUT2D eigenvalue weighted by Crippen LogP contribution is -2.42. The monoisotopic (exact) mass is 316 g/mol. The standard InChI is InChI=1S/C18H21FN2O2/c1-12-6-3-4-9-15(12)16(20)17(22)21-11-18(2,23)13-7-5-8-14(19)10-13/h3-10,16,23H,11,20H2,1-2H3,(H,21,22). The first-order valence-electron chi connectivity index (χ1n) is 7.38. The molecule has 0 aromatic heterocycles. The molecule has 2 atom stereocenters. The maximum absolute atomic E-state index is 13.3. The van der Waals surface area contributed by atoms with Crippen molar-refractivity contribution in [3.8, 4) is 0 Å². The average molecular weight is 316 g/mol. The van der Waals surface area contributed by atoms with Crippen LogP contribution in [0.15, 0.2) is 48.5 Å². The normalized spacial score (nSPS) is 14.8. The van der Waals surface area contributed by atoms with Crippen molar-refractivity contribution in [3.05, 3.63) is 71.0 Å². The quantitative estimate of drug-likeness (QED) is 0.791. The molecule has 0 bridgehead atoms. The Labute approximate surface area is 135 Å². The van der Waals surface area contributed by atoms with Crippen molar-refractivity contribution in [2.45, 2.75) is 25.5 Å². The van der Waals surface area contributed by atoms with E-state index in [0.717, 1.165) is 11.1 Å². The van der Waals surface area contributed by atoms with Gasteiger partial charge in [-0.25, -0.2) is 4.39 Å². The van der Waals surface area contributed by atoms with Gasteiger partial charge in [-0.2, -0.15) is 0 Å². The Kier molecular flexibility index (Phi) is 5.13. The lowest BCUT2D eigenvalue weighted by molar-refractivity contribution is -0.123. The summed E-state index contributed by atoms with van der Waals surface area (Å²) in [5.41, 5.74) is 6.64. The Morgan fingerprint density at radius 1 is 1.30 bits per heavy atom. The fourth-order valence-electron chi connectivity index (χ4n) is 2.37. The number of halogens is 1. The van der Waals surface area contributed by atoms with Crippen molar-refractivity contribution < 1.29 is 14.3 Å². The van der Waals surface area contributed by atoms with Crippen molar-refractivity contribution in [2.24, 2.45) is 5.73 Å². The molecule has 0 saturated carbocycles. The Hall–Kier alpha value is -2.24. The van der Waals surface area contributed by atoms with Gasteiger partial charge in [-0.05, 0) is 42.7 Å². The highest BCUT2D eigenvalue weighted by Crippen LogP contribution is 2.21. The first-order valence-corrected chi connectivity index (χ1v) is 7.38. The maximum Gasteiger partial charge on any atom is 0.241 e. The van der Waals surface area contributed by atoms with Crippen LogP contribution in [0.1, 0.15) is 29.7 Å². The van der Waals surface area contributed by atoms with Crippen LogP contribution in [-0.2, 0) is 10.4 Å². The van der Waals surface area contributed by atoms with E-state index < -0.39 is 23.4 Å². The van der Waals surface area contributed by atoms with E-state index in [2.05, 4.69) is 5.32 Å². The van der Waals surface area contributed by atoms with Crippen LogP contribution in [0.4, 0.5) is 4.39 Å². The van der Waals surface area contributed by atoms with Crippen LogP contribution in [0.5, 0.6) is 0 Å². The second-order valence-electron chi connectivity index (χ2n) is 5.84. The molecule has 0 aliphatic carbocycles. The number of amides is 1.